The van der Waals surface area contributed by atoms with E-state index in [4.69, 9.17) is 3.83 Å². The normalized spacial score (nSPS) is 0.400. The number of nitrogens with two attached hydrogens (primary N) is 2. The molecule has 0 bridgehead atoms. The van der Waals surface area contributed by atoms with Crippen molar-refractivity contribution < 1.29 is 41.7 Å². The van der Waals surface area contributed by atoms with E-state index >= 15 is 0 Å². The molecule has 0 unspecified atom stereocenters. The van der Waals surface area contributed by atoms with E-state index in [1.165, 1.54) is 0 Å². The van der Waals surface area contributed by atoms with Crippen LogP contribution in [0.1, 0.15) is 0 Å². The molecule has 0 aliphatic carbocycles. The first-order valence-corrected chi connectivity index (χ1v) is 0.636. The van der Waals surface area contributed by atoms with Crippen molar-refractivity contribution in [2.24, 2.45) is 0 Å². The molecule has 0 heterocycles. The van der Waals surface area contributed by atoms with E-state index in [2.05, 4.69) is 0 Å². The first kappa shape index (κ1) is 361. The van der Waals surface area contributed by atoms with Gasteiger partial charge in [-0.2, -0.15) is 0 Å². The van der Waals surface area contributed by atoms with E-state index in [-0.39, 0.29) is 59.0 Å². The van der Waals surface area contributed by atoms with E-state index in [1.807, 2.05) is 0 Å². The Bertz CT molecular complexity index is 17.6. The van der Waals surface area contributed by atoms with E-state index in [1.54, 1.807) is 15.9 Å². The van der Waals surface area contributed by atoms with Gasteiger partial charge in [-0.3, -0.25) is 0 Å². The van der Waals surface area contributed by atoms with Crippen molar-refractivity contribution in [1.82, 2.24) is 0 Å². The number of hydrogen-bond acceptors (Lipinski definition) is 1. The minimum absolute atomic E-state index is 0. The minimum atomic E-state index is 0. The molecule has 0 aromatic rings. The van der Waals surface area contributed by atoms with Crippen LogP contribution in [0.2, 0.25) is 0 Å². The average molecular weight is 248 g/mol. The van der Waals surface area contributed by atoms with E-state index in [0.29, 0.717) is 0 Å². The summed E-state index contributed by atoms with van der Waals surface area (Å²) in [6.45, 7) is 0. The Labute approximate surface area is 79.2 Å². The van der Waals surface area contributed by atoms with Crippen molar-refractivity contribution >= 4 is 24.8 Å². The summed E-state index contributed by atoms with van der Waals surface area (Å²) in [5.74, 6) is 0. The monoisotopic (exact) mass is 247 g/mol. The standard InChI is InChI=1S/2ClH.Mn.2H2N.4H2O.O/h2*1H;;6*1H2;/q;;;2*-1;;;;;. The van der Waals surface area contributed by atoms with Crippen molar-refractivity contribution in [3.63, 3.8) is 0 Å². The molecule has 0 spiro atoms. The summed E-state index contributed by atoms with van der Waals surface area (Å²) < 4.78 is 8.06. The van der Waals surface area contributed by atoms with Gasteiger partial charge < -0.3 is 34.2 Å². The Hall–Kier alpha value is 0.659. The fourth-order valence-electron chi connectivity index (χ4n) is 0. The zero-order valence-electron chi connectivity index (χ0n) is 4.76. The zero-order valence-corrected chi connectivity index (χ0v) is 7.57. The molecular formula is H14Cl2MnN2O5-2. The van der Waals surface area contributed by atoms with Gasteiger partial charge in [0.25, 0.3) is 0 Å². The Morgan fingerprint density at radius 1 is 0.600 bits per heavy atom. The van der Waals surface area contributed by atoms with Gasteiger partial charge in [0, 0.05) is 0 Å². The van der Waals surface area contributed by atoms with E-state index in [9.17, 15) is 0 Å². The van der Waals surface area contributed by atoms with Crippen LogP contribution in [-0.2, 0) is 19.8 Å². The van der Waals surface area contributed by atoms with Crippen LogP contribution in [0.3, 0.4) is 0 Å². The van der Waals surface area contributed by atoms with Crippen molar-refractivity contribution in [3.8, 4) is 0 Å². The molecule has 0 saturated heterocycles. The second-order valence-electron chi connectivity index (χ2n) is 0. The van der Waals surface area contributed by atoms with E-state index < -0.39 is 0 Å². The number of halogens is 2. The van der Waals surface area contributed by atoms with E-state index in [0.717, 1.165) is 0 Å². The van der Waals surface area contributed by atoms with Crippen molar-refractivity contribution in [2.45, 2.75) is 0 Å². The second-order valence-corrected chi connectivity index (χ2v) is 0. The molecule has 0 rings (SSSR count). The maximum atomic E-state index is 8.06. The van der Waals surface area contributed by atoms with Gasteiger partial charge in [-0.15, -0.1) is 24.8 Å². The number of hydrogen-bond donors (Lipinski definition) is 0. The van der Waals surface area contributed by atoms with Gasteiger partial charge in [-0.05, 0) is 0 Å². The molecule has 0 atom stereocenters. The average Bonchev–Trinajstić information content (AvgIpc) is 1.00. The Morgan fingerprint density at radius 2 is 0.600 bits per heavy atom. The van der Waals surface area contributed by atoms with Gasteiger partial charge in [0.15, 0.2) is 0 Å². The zero-order chi connectivity index (χ0) is 2.00. The molecule has 12 N–H and O–H groups in total. The second kappa shape index (κ2) is 1670. The Kier molecular flexibility index (Phi) is 60100. The van der Waals surface area contributed by atoms with Crippen LogP contribution in [0, 0.1) is 0 Å². The van der Waals surface area contributed by atoms with Gasteiger partial charge in [0.1, 0.15) is 0 Å². The van der Waals surface area contributed by atoms with Crippen LogP contribution in [0.5, 0.6) is 0 Å². The van der Waals surface area contributed by atoms with Crippen molar-refractivity contribution in [1.29, 1.82) is 0 Å². The summed E-state index contributed by atoms with van der Waals surface area (Å²) in [5, 5.41) is 0. The molecule has 0 radical (unpaired) electrons. The van der Waals surface area contributed by atoms with Gasteiger partial charge in [-0.25, -0.2) is 0 Å². The van der Waals surface area contributed by atoms with Gasteiger partial charge in [-0.1, -0.05) is 0 Å². The van der Waals surface area contributed by atoms with Crippen LogP contribution in [0.15, 0.2) is 0 Å². The summed E-state index contributed by atoms with van der Waals surface area (Å²) in [6.07, 6.45) is 0. The molecule has 77 valence electrons. The summed E-state index contributed by atoms with van der Waals surface area (Å²) in [7, 11) is 0. The van der Waals surface area contributed by atoms with Crippen LogP contribution in [0.4, 0.5) is 0 Å². The molecule has 7 nitrogen and oxygen atoms in total. The third-order valence-electron chi connectivity index (χ3n) is 0. The van der Waals surface area contributed by atoms with Crippen LogP contribution in [0.25, 0.3) is 12.3 Å². The quantitative estimate of drug-likeness (QED) is 0.477. The first-order chi connectivity index (χ1) is 1.00. The van der Waals surface area contributed by atoms with Crippen LogP contribution >= 0.6 is 24.8 Å². The van der Waals surface area contributed by atoms with Crippen molar-refractivity contribution in [2.75, 3.05) is 0 Å². The SMILES string of the molecule is Cl.Cl.O.O.O.O.[NH2-].[NH2-].[O]=[Mn]. The predicted molar refractivity (Wildman–Crippen MR) is 40.2 cm³/mol. The molecule has 0 aromatic carbocycles. The third-order valence-corrected chi connectivity index (χ3v) is 0. The molecule has 0 aliphatic heterocycles. The fourth-order valence-corrected chi connectivity index (χ4v) is 0. The molecule has 0 fully saturated rings. The summed E-state index contributed by atoms with van der Waals surface area (Å²) in [4.78, 5) is 0. The summed E-state index contributed by atoms with van der Waals surface area (Å²) >= 11 is 1.69. The molecule has 0 aromatic heterocycles. The van der Waals surface area contributed by atoms with Crippen LogP contribution in [-0.4, -0.2) is 21.9 Å². The van der Waals surface area contributed by atoms with Gasteiger partial charge in [0.2, 0.25) is 0 Å². The van der Waals surface area contributed by atoms with Crippen molar-refractivity contribution in [3.05, 3.63) is 12.3 Å². The van der Waals surface area contributed by atoms with Gasteiger partial charge >= 0.3 is 19.8 Å². The topological polar surface area (TPSA) is 210 Å². The Balaban J connectivity index is -0.000000000179. The molecule has 0 aliphatic rings. The number of rotatable bonds is 0. The molecular weight excluding hydrogens is 234 g/mol. The first-order valence-electron chi connectivity index (χ1n) is 0.154. The molecule has 10 heavy (non-hydrogen) atoms. The molecule has 0 amide bonds. The molecule has 10 heteroatoms. The fraction of sp³-hybridized carbons (Fsp3) is 0. The molecule has 0 saturated carbocycles. The third kappa shape index (κ3) is 1170. The summed E-state index contributed by atoms with van der Waals surface area (Å²) in [6, 6.07) is 0. The van der Waals surface area contributed by atoms with Crippen LogP contribution < -0.4 is 0 Å². The summed E-state index contributed by atoms with van der Waals surface area (Å²) in [5.41, 5.74) is 0. The Morgan fingerprint density at radius 3 is 0.600 bits per heavy atom. The predicted octanol–water partition coefficient (Wildman–Crippen LogP) is -1.14. The van der Waals surface area contributed by atoms with Gasteiger partial charge in [0.05, 0.1) is 0 Å². The maximum absolute atomic E-state index is 8.06.